The third-order valence-electron chi connectivity index (χ3n) is 2.76. The Kier molecular flexibility index (Phi) is 6.70. The van der Waals surface area contributed by atoms with Gasteiger partial charge in [0.05, 0.1) is 19.3 Å². The Balaban J connectivity index is 2.94. The van der Waals surface area contributed by atoms with Gasteiger partial charge in [-0.1, -0.05) is 13.8 Å². The van der Waals surface area contributed by atoms with Crippen molar-refractivity contribution < 1.29 is 5.11 Å². The van der Waals surface area contributed by atoms with E-state index < -0.39 is 0 Å². The second kappa shape index (κ2) is 8.04. The molecule has 0 aromatic carbocycles. The molecule has 1 heterocycles. The Hall–Kier alpha value is -1.23. The Bertz CT molecular complexity index is 487. The molecule has 0 fully saturated rings. The third-order valence-corrected chi connectivity index (χ3v) is 3.19. The van der Waals surface area contributed by atoms with Crippen molar-refractivity contribution in [2.45, 2.75) is 46.5 Å². The number of rotatable bonds is 8. The van der Waals surface area contributed by atoms with Gasteiger partial charge in [-0.2, -0.15) is 10.4 Å². The zero-order valence-corrected chi connectivity index (χ0v) is 12.4. The first-order valence-electron chi connectivity index (χ1n) is 6.54. The molecule has 1 rings (SSSR count). The number of hydrogen-bond donors (Lipinski definition) is 1. The van der Waals surface area contributed by atoms with E-state index in [-0.39, 0.29) is 6.61 Å². The number of aromatic nitrogens is 3. The molecule has 0 saturated heterocycles. The zero-order chi connectivity index (χ0) is 14.3. The Morgan fingerprint density at radius 1 is 1.42 bits per heavy atom. The minimum absolute atomic E-state index is 0.122. The molecule has 1 aromatic rings. The maximum atomic E-state index is 9.31. The quantitative estimate of drug-likeness (QED) is 0.578. The molecule has 0 spiro atoms. The highest BCUT2D eigenvalue weighted by molar-refractivity contribution is 7.71. The van der Waals surface area contributed by atoms with Crippen molar-refractivity contribution in [1.29, 1.82) is 5.26 Å². The maximum Gasteiger partial charge on any atom is 0.199 e. The first-order valence-corrected chi connectivity index (χ1v) is 6.95. The summed E-state index contributed by atoms with van der Waals surface area (Å²) in [6.07, 6.45) is 1.90. The fourth-order valence-corrected chi connectivity index (χ4v) is 2.24. The van der Waals surface area contributed by atoms with Gasteiger partial charge in [-0.05, 0) is 25.1 Å². The molecule has 0 unspecified atom stereocenters. The number of nitrogens with zero attached hydrogens (tertiary/aromatic N) is 5. The summed E-state index contributed by atoms with van der Waals surface area (Å²) in [5.74, 6) is 0.584. The van der Waals surface area contributed by atoms with Crippen LogP contribution in [-0.4, -0.2) is 37.4 Å². The summed E-state index contributed by atoms with van der Waals surface area (Å²) in [4.78, 5) is 1.99. The molecule has 106 valence electrons. The second-order valence-corrected chi connectivity index (χ2v) is 4.73. The van der Waals surface area contributed by atoms with Gasteiger partial charge in [-0.25, -0.2) is 4.68 Å². The van der Waals surface area contributed by atoms with Crippen LogP contribution in [0.5, 0.6) is 0 Å². The average Bonchev–Trinajstić information content (AvgIpc) is 2.68. The zero-order valence-electron chi connectivity index (χ0n) is 11.5. The molecular formula is C12H21N5OS. The van der Waals surface area contributed by atoms with E-state index in [1.807, 2.05) is 9.47 Å². The van der Waals surface area contributed by atoms with Crippen LogP contribution in [0.2, 0.25) is 0 Å². The fourth-order valence-electron chi connectivity index (χ4n) is 1.95. The largest absolute Gasteiger partial charge is 0.388 e. The summed E-state index contributed by atoms with van der Waals surface area (Å²) in [5, 5.41) is 22.4. The lowest BCUT2D eigenvalue weighted by molar-refractivity contribution is 0.226. The van der Waals surface area contributed by atoms with E-state index in [2.05, 4.69) is 25.0 Å². The molecule has 0 radical (unpaired) electrons. The van der Waals surface area contributed by atoms with E-state index in [0.717, 1.165) is 25.9 Å². The van der Waals surface area contributed by atoms with Gasteiger partial charge in [0.25, 0.3) is 0 Å². The molecule has 0 aliphatic heterocycles. The first kappa shape index (κ1) is 15.8. The molecule has 0 aliphatic carbocycles. The highest BCUT2D eigenvalue weighted by Crippen LogP contribution is 2.05. The van der Waals surface area contributed by atoms with Crippen LogP contribution in [0.15, 0.2) is 0 Å². The van der Waals surface area contributed by atoms with Crippen molar-refractivity contribution in [3.8, 4) is 6.07 Å². The van der Waals surface area contributed by atoms with E-state index in [9.17, 15) is 5.11 Å². The van der Waals surface area contributed by atoms with Gasteiger partial charge in [-0.3, -0.25) is 4.90 Å². The third kappa shape index (κ3) is 4.13. The molecule has 0 aliphatic rings. The van der Waals surface area contributed by atoms with Crippen molar-refractivity contribution in [3.63, 3.8) is 0 Å². The lowest BCUT2D eigenvalue weighted by Gasteiger charge is -2.17. The van der Waals surface area contributed by atoms with Gasteiger partial charge >= 0.3 is 0 Å². The van der Waals surface area contributed by atoms with Gasteiger partial charge in [0.15, 0.2) is 10.6 Å². The van der Waals surface area contributed by atoms with Crippen LogP contribution in [0.1, 0.15) is 32.5 Å². The van der Waals surface area contributed by atoms with Gasteiger partial charge < -0.3 is 9.67 Å². The van der Waals surface area contributed by atoms with E-state index in [1.54, 1.807) is 4.68 Å². The Labute approximate surface area is 118 Å². The minimum Gasteiger partial charge on any atom is -0.388 e. The summed E-state index contributed by atoms with van der Waals surface area (Å²) >= 11 is 5.37. The van der Waals surface area contributed by atoms with Crippen LogP contribution in [-0.2, 0) is 19.8 Å². The number of aliphatic hydroxyl groups is 1. The molecule has 1 N–H and O–H groups in total. The van der Waals surface area contributed by atoms with Crippen LogP contribution < -0.4 is 0 Å². The summed E-state index contributed by atoms with van der Waals surface area (Å²) in [6, 6.07) is 2.15. The number of hydrogen-bond acceptors (Lipinski definition) is 5. The molecule has 0 saturated carbocycles. The molecule has 7 heteroatoms. The molecule has 6 nitrogen and oxygen atoms in total. The van der Waals surface area contributed by atoms with Gasteiger partial charge in [0.2, 0.25) is 0 Å². The van der Waals surface area contributed by atoms with Crippen molar-refractivity contribution in [2.24, 2.45) is 0 Å². The predicted octanol–water partition coefficient (Wildman–Crippen LogP) is 1.51. The maximum absolute atomic E-state index is 9.31. The van der Waals surface area contributed by atoms with Crippen molar-refractivity contribution in [3.05, 3.63) is 10.6 Å². The molecule has 1 aromatic heterocycles. The van der Waals surface area contributed by atoms with Crippen LogP contribution in [0.4, 0.5) is 0 Å². The lowest BCUT2D eigenvalue weighted by Crippen LogP contribution is -2.28. The summed E-state index contributed by atoms with van der Waals surface area (Å²) in [5.41, 5.74) is 0. The number of nitriles is 1. The smallest absolute Gasteiger partial charge is 0.199 e. The van der Waals surface area contributed by atoms with Crippen molar-refractivity contribution in [1.82, 2.24) is 19.2 Å². The van der Waals surface area contributed by atoms with Gasteiger partial charge in [0, 0.05) is 13.1 Å². The van der Waals surface area contributed by atoms with E-state index in [4.69, 9.17) is 17.5 Å². The molecule has 0 amide bonds. The molecule has 0 atom stereocenters. The molecular weight excluding hydrogens is 262 g/mol. The highest BCUT2D eigenvalue weighted by atomic mass is 32.1. The molecule has 19 heavy (non-hydrogen) atoms. The van der Waals surface area contributed by atoms with Crippen LogP contribution >= 0.6 is 12.2 Å². The van der Waals surface area contributed by atoms with E-state index >= 15 is 0 Å². The SMILES string of the molecule is CCCN(CC#N)Cn1nc(CO)n(CCC)c1=S. The minimum atomic E-state index is -0.122. The van der Waals surface area contributed by atoms with E-state index in [0.29, 0.717) is 23.8 Å². The van der Waals surface area contributed by atoms with Gasteiger partial charge in [0.1, 0.15) is 6.61 Å². The van der Waals surface area contributed by atoms with Crippen LogP contribution in [0, 0.1) is 16.1 Å². The summed E-state index contributed by atoms with van der Waals surface area (Å²) in [6.45, 7) is 6.42. The normalized spacial score (nSPS) is 10.9. The standard InChI is InChI=1S/C12H21N5OS/c1-3-6-15(8-5-13)10-17-12(19)16(7-4-2)11(9-18)14-17/h18H,3-4,6-10H2,1-2H3. The predicted molar refractivity (Wildman–Crippen MR) is 74.7 cm³/mol. The van der Waals surface area contributed by atoms with Gasteiger partial charge in [-0.15, -0.1) is 0 Å². The average molecular weight is 283 g/mol. The van der Waals surface area contributed by atoms with Crippen LogP contribution in [0.25, 0.3) is 0 Å². The monoisotopic (exact) mass is 283 g/mol. The lowest BCUT2D eigenvalue weighted by atomic mass is 10.4. The van der Waals surface area contributed by atoms with Crippen molar-refractivity contribution in [2.75, 3.05) is 13.1 Å². The molecule has 0 bridgehead atoms. The Morgan fingerprint density at radius 2 is 2.16 bits per heavy atom. The second-order valence-electron chi connectivity index (χ2n) is 4.36. The van der Waals surface area contributed by atoms with Crippen molar-refractivity contribution >= 4 is 12.2 Å². The highest BCUT2D eigenvalue weighted by Gasteiger charge is 2.12. The van der Waals surface area contributed by atoms with E-state index in [1.165, 1.54) is 0 Å². The summed E-state index contributed by atoms with van der Waals surface area (Å²) in [7, 11) is 0. The summed E-state index contributed by atoms with van der Waals surface area (Å²) < 4.78 is 4.14. The van der Waals surface area contributed by atoms with Crippen LogP contribution in [0.3, 0.4) is 0 Å². The fraction of sp³-hybridized carbons (Fsp3) is 0.750. The topological polar surface area (TPSA) is 70.0 Å². The Morgan fingerprint density at radius 3 is 2.68 bits per heavy atom. The first-order chi connectivity index (χ1) is 9.17. The number of aliphatic hydroxyl groups excluding tert-OH is 1.